The van der Waals surface area contributed by atoms with Crippen LogP contribution in [0.25, 0.3) is 0 Å². The Morgan fingerprint density at radius 3 is 2.09 bits per heavy atom. The molecular weight excluding hydrogens is 136 g/mol. The van der Waals surface area contributed by atoms with E-state index in [0.717, 1.165) is 11.8 Å². The molecule has 2 heteroatoms. The predicted molar refractivity (Wildman–Crippen MR) is 48.2 cm³/mol. The van der Waals surface area contributed by atoms with Crippen molar-refractivity contribution < 1.29 is 0 Å². The zero-order valence-corrected chi connectivity index (χ0v) is 8.26. The van der Waals surface area contributed by atoms with Crippen molar-refractivity contribution in [2.45, 2.75) is 39.8 Å². The third-order valence-electron chi connectivity index (χ3n) is 3.40. The molecule has 1 saturated heterocycles. The number of hydrogen-bond acceptors (Lipinski definition) is 2. The van der Waals surface area contributed by atoms with Crippen LogP contribution in [0.1, 0.15) is 27.7 Å². The van der Waals surface area contributed by atoms with E-state index in [2.05, 4.69) is 45.2 Å². The summed E-state index contributed by atoms with van der Waals surface area (Å²) < 4.78 is 0. The Bertz CT molecular complexity index is 122. The van der Waals surface area contributed by atoms with Crippen molar-refractivity contribution in [1.29, 1.82) is 0 Å². The van der Waals surface area contributed by atoms with Crippen molar-refractivity contribution >= 4 is 0 Å². The molecule has 4 unspecified atom stereocenters. The van der Waals surface area contributed by atoms with Crippen LogP contribution in [-0.4, -0.2) is 24.1 Å². The normalized spacial score (nSPS) is 47.7. The fraction of sp³-hybridized carbons (Fsp3) is 1.00. The lowest BCUT2D eigenvalue weighted by Crippen LogP contribution is -2.57. The molecule has 1 N–H and O–H groups in total. The van der Waals surface area contributed by atoms with Crippen molar-refractivity contribution in [3.05, 3.63) is 0 Å². The van der Waals surface area contributed by atoms with Crippen LogP contribution >= 0.6 is 0 Å². The molecule has 0 aromatic carbocycles. The van der Waals surface area contributed by atoms with E-state index in [9.17, 15) is 0 Å². The quantitative estimate of drug-likeness (QED) is 0.571. The van der Waals surface area contributed by atoms with Gasteiger partial charge in [-0.3, -0.25) is 5.43 Å². The minimum absolute atomic E-state index is 0.617. The second-order valence-corrected chi connectivity index (χ2v) is 3.99. The van der Waals surface area contributed by atoms with Crippen molar-refractivity contribution in [1.82, 2.24) is 10.4 Å². The minimum atomic E-state index is 0.617. The monoisotopic (exact) mass is 156 g/mol. The molecule has 1 aliphatic heterocycles. The number of nitrogens with one attached hydrogen (secondary N) is 1. The van der Waals surface area contributed by atoms with Gasteiger partial charge >= 0.3 is 0 Å². The summed E-state index contributed by atoms with van der Waals surface area (Å²) in [5, 5.41) is 2.23. The van der Waals surface area contributed by atoms with Crippen LogP contribution in [0.5, 0.6) is 0 Å². The van der Waals surface area contributed by atoms with Gasteiger partial charge in [-0.15, -0.1) is 0 Å². The van der Waals surface area contributed by atoms with E-state index >= 15 is 0 Å². The first-order valence-electron chi connectivity index (χ1n) is 4.53. The Hall–Kier alpha value is -0.0800. The molecule has 0 aromatic heterocycles. The first-order chi connectivity index (χ1) is 5.04. The molecule has 1 rings (SSSR count). The van der Waals surface area contributed by atoms with Crippen molar-refractivity contribution in [3.63, 3.8) is 0 Å². The summed E-state index contributed by atoms with van der Waals surface area (Å²) in [5.74, 6) is 1.57. The van der Waals surface area contributed by atoms with E-state index in [0.29, 0.717) is 12.1 Å². The Labute approximate surface area is 69.9 Å². The van der Waals surface area contributed by atoms with E-state index in [-0.39, 0.29) is 0 Å². The molecular formula is C9H20N2. The second-order valence-electron chi connectivity index (χ2n) is 3.99. The van der Waals surface area contributed by atoms with Gasteiger partial charge in [0.2, 0.25) is 0 Å². The van der Waals surface area contributed by atoms with Gasteiger partial charge in [0.05, 0.1) is 0 Å². The lowest BCUT2D eigenvalue weighted by Gasteiger charge is -2.44. The minimum Gasteiger partial charge on any atom is -0.252 e. The Morgan fingerprint density at radius 1 is 1.00 bits per heavy atom. The molecule has 0 saturated carbocycles. The topological polar surface area (TPSA) is 15.3 Å². The molecule has 1 heterocycles. The average Bonchev–Trinajstić information content (AvgIpc) is 1.97. The van der Waals surface area contributed by atoms with Gasteiger partial charge in [0, 0.05) is 19.1 Å². The molecule has 1 aliphatic rings. The van der Waals surface area contributed by atoms with Crippen molar-refractivity contribution in [3.8, 4) is 0 Å². The Balaban J connectivity index is 2.63. The summed E-state index contributed by atoms with van der Waals surface area (Å²) in [6, 6.07) is 1.27. The van der Waals surface area contributed by atoms with Gasteiger partial charge in [0.15, 0.2) is 0 Å². The van der Waals surface area contributed by atoms with Crippen molar-refractivity contribution in [2.24, 2.45) is 11.8 Å². The standard InChI is InChI=1S/C9H20N2/c1-6-7(2)9(4)11(5)10-8(6)3/h6-10H,1-5H3. The number of hydrazine groups is 1. The van der Waals surface area contributed by atoms with Gasteiger partial charge < -0.3 is 0 Å². The van der Waals surface area contributed by atoms with Gasteiger partial charge in [-0.05, 0) is 25.7 Å². The number of hydrogen-bond donors (Lipinski definition) is 1. The molecule has 0 aromatic rings. The highest BCUT2D eigenvalue weighted by molar-refractivity contribution is 4.84. The van der Waals surface area contributed by atoms with Crippen molar-refractivity contribution in [2.75, 3.05) is 7.05 Å². The van der Waals surface area contributed by atoms with Gasteiger partial charge in [-0.25, -0.2) is 5.01 Å². The van der Waals surface area contributed by atoms with Crippen LogP contribution in [0.4, 0.5) is 0 Å². The third-order valence-corrected chi connectivity index (χ3v) is 3.40. The SMILES string of the molecule is CC1NN(C)C(C)C(C)C1C. The highest BCUT2D eigenvalue weighted by atomic mass is 15.5. The molecule has 2 nitrogen and oxygen atoms in total. The van der Waals surface area contributed by atoms with Crippen LogP contribution in [0, 0.1) is 11.8 Å². The van der Waals surface area contributed by atoms with Crippen LogP contribution in [0.15, 0.2) is 0 Å². The summed E-state index contributed by atoms with van der Waals surface area (Å²) in [5.41, 5.74) is 3.44. The zero-order valence-electron chi connectivity index (χ0n) is 8.26. The largest absolute Gasteiger partial charge is 0.252 e. The van der Waals surface area contributed by atoms with Crippen LogP contribution in [0.3, 0.4) is 0 Å². The van der Waals surface area contributed by atoms with Crippen LogP contribution < -0.4 is 5.43 Å². The molecule has 0 amide bonds. The highest BCUT2D eigenvalue weighted by Gasteiger charge is 2.31. The fourth-order valence-corrected chi connectivity index (χ4v) is 1.80. The van der Waals surface area contributed by atoms with Crippen LogP contribution in [-0.2, 0) is 0 Å². The maximum atomic E-state index is 3.44. The summed E-state index contributed by atoms with van der Waals surface area (Å²) in [7, 11) is 2.13. The Morgan fingerprint density at radius 2 is 1.55 bits per heavy atom. The van der Waals surface area contributed by atoms with Gasteiger partial charge in [0.25, 0.3) is 0 Å². The molecule has 0 radical (unpaired) electrons. The third kappa shape index (κ3) is 1.57. The molecule has 1 fully saturated rings. The lowest BCUT2D eigenvalue weighted by atomic mass is 9.83. The van der Waals surface area contributed by atoms with E-state index < -0.39 is 0 Å². The van der Waals surface area contributed by atoms with Gasteiger partial charge in [-0.2, -0.15) is 0 Å². The number of nitrogens with zero attached hydrogens (tertiary/aromatic N) is 1. The molecule has 0 bridgehead atoms. The van der Waals surface area contributed by atoms with E-state index in [1.807, 2.05) is 0 Å². The van der Waals surface area contributed by atoms with E-state index in [4.69, 9.17) is 0 Å². The molecule has 11 heavy (non-hydrogen) atoms. The van der Waals surface area contributed by atoms with Gasteiger partial charge in [0.1, 0.15) is 0 Å². The van der Waals surface area contributed by atoms with Gasteiger partial charge in [-0.1, -0.05) is 13.8 Å². The zero-order chi connectivity index (χ0) is 8.59. The second kappa shape index (κ2) is 3.11. The first-order valence-corrected chi connectivity index (χ1v) is 4.53. The fourth-order valence-electron chi connectivity index (χ4n) is 1.80. The Kier molecular flexibility index (Phi) is 2.55. The average molecular weight is 156 g/mol. The molecule has 0 spiro atoms. The summed E-state index contributed by atoms with van der Waals surface area (Å²) in [6.45, 7) is 9.19. The molecule has 4 atom stereocenters. The summed E-state index contributed by atoms with van der Waals surface area (Å²) >= 11 is 0. The maximum absolute atomic E-state index is 3.44. The van der Waals surface area contributed by atoms with Crippen LogP contribution in [0.2, 0.25) is 0 Å². The maximum Gasteiger partial charge on any atom is 0.0240 e. The number of rotatable bonds is 0. The molecule has 0 aliphatic carbocycles. The van der Waals surface area contributed by atoms with E-state index in [1.54, 1.807) is 0 Å². The lowest BCUT2D eigenvalue weighted by molar-refractivity contribution is 0.0177. The summed E-state index contributed by atoms with van der Waals surface area (Å²) in [4.78, 5) is 0. The molecule has 66 valence electrons. The smallest absolute Gasteiger partial charge is 0.0240 e. The highest BCUT2D eigenvalue weighted by Crippen LogP contribution is 2.25. The predicted octanol–water partition coefficient (Wildman–Crippen LogP) is 1.49. The first kappa shape index (κ1) is 9.01. The van der Waals surface area contributed by atoms with E-state index in [1.165, 1.54) is 0 Å². The summed E-state index contributed by atoms with van der Waals surface area (Å²) in [6.07, 6.45) is 0.